The molecule has 0 radical (unpaired) electrons. The van der Waals surface area contributed by atoms with Crippen LogP contribution in [0.1, 0.15) is 24.6 Å². The van der Waals surface area contributed by atoms with Crippen molar-refractivity contribution in [1.29, 1.82) is 0 Å². The van der Waals surface area contributed by atoms with E-state index in [-0.39, 0.29) is 11.9 Å². The molecule has 4 nitrogen and oxygen atoms in total. The monoisotopic (exact) mass is 341 g/mol. The van der Waals surface area contributed by atoms with E-state index in [1.54, 1.807) is 23.2 Å². The Bertz CT molecular complexity index is 566. The second-order valence-corrected chi connectivity index (χ2v) is 6.91. The van der Waals surface area contributed by atoms with Crippen LogP contribution in [0.4, 0.5) is 0 Å². The van der Waals surface area contributed by atoms with Gasteiger partial charge in [0.05, 0.1) is 11.5 Å². The van der Waals surface area contributed by atoms with Crippen LogP contribution in [0.5, 0.6) is 0 Å². The lowest BCUT2D eigenvalue weighted by Crippen LogP contribution is -2.29. The Kier molecular flexibility index (Phi) is 5.96. The van der Waals surface area contributed by atoms with Crippen LogP contribution in [0.25, 0.3) is 6.08 Å². The predicted molar refractivity (Wildman–Crippen MR) is 90.1 cm³/mol. The van der Waals surface area contributed by atoms with Gasteiger partial charge in [-0.1, -0.05) is 30.0 Å². The van der Waals surface area contributed by atoms with Gasteiger partial charge in [0.2, 0.25) is 0 Å². The Hall–Kier alpha value is -1.18. The van der Waals surface area contributed by atoms with Crippen LogP contribution in [0.3, 0.4) is 0 Å². The number of amides is 1. The number of rotatable bonds is 6. The summed E-state index contributed by atoms with van der Waals surface area (Å²) >= 11 is 8.12. The highest BCUT2D eigenvalue weighted by molar-refractivity contribution is 8.26. The van der Waals surface area contributed by atoms with E-state index >= 15 is 0 Å². The van der Waals surface area contributed by atoms with Crippen LogP contribution < -0.4 is 0 Å². The van der Waals surface area contributed by atoms with Crippen LogP contribution in [0, 0.1) is 0 Å². The van der Waals surface area contributed by atoms with Crippen molar-refractivity contribution in [1.82, 2.24) is 4.90 Å². The summed E-state index contributed by atoms with van der Waals surface area (Å²) in [5.41, 5.74) is 0. The van der Waals surface area contributed by atoms with Crippen molar-refractivity contribution in [2.45, 2.75) is 19.8 Å². The highest BCUT2D eigenvalue weighted by atomic mass is 32.2. The van der Waals surface area contributed by atoms with Gasteiger partial charge in [-0.2, -0.15) is 0 Å². The minimum absolute atomic E-state index is 0.0812. The van der Waals surface area contributed by atoms with Crippen LogP contribution in [0.15, 0.2) is 22.4 Å². The molecule has 1 fully saturated rings. The molecule has 1 aliphatic heterocycles. The molecule has 21 heavy (non-hydrogen) atoms. The van der Waals surface area contributed by atoms with Crippen molar-refractivity contribution >= 4 is 57.6 Å². The summed E-state index contributed by atoms with van der Waals surface area (Å²) in [4.78, 5) is 26.8. The first-order chi connectivity index (χ1) is 10.1. The molecule has 0 bridgehead atoms. The van der Waals surface area contributed by atoms with Gasteiger partial charge in [0.15, 0.2) is 0 Å². The largest absolute Gasteiger partial charge is 0.466 e. The van der Waals surface area contributed by atoms with E-state index in [4.69, 9.17) is 17.0 Å². The number of esters is 1. The molecule has 1 amide bonds. The van der Waals surface area contributed by atoms with Gasteiger partial charge in [-0.15, -0.1) is 11.3 Å². The van der Waals surface area contributed by atoms with E-state index < -0.39 is 0 Å². The molecule has 0 aromatic carbocycles. The molecule has 1 aromatic heterocycles. The van der Waals surface area contributed by atoms with Gasteiger partial charge in [0.25, 0.3) is 5.91 Å². The smallest absolute Gasteiger partial charge is 0.305 e. The van der Waals surface area contributed by atoms with Gasteiger partial charge in [-0.25, -0.2) is 0 Å². The molecule has 0 unspecified atom stereocenters. The summed E-state index contributed by atoms with van der Waals surface area (Å²) in [6, 6.07) is 3.90. The van der Waals surface area contributed by atoms with E-state index in [0.29, 0.717) is 35.2 Å². The summed E-state index contributed by atoms with van der Waals surface area (Å²) in [7, 11) is 0. The SMILES string of the molecule is CCOC(=O)CCCN1C(=O)/C(=C\c2cccs2)SC1=S. The number of ether oxygens (including phenoxy) is 1. The quantitative estimate of drug-likeness (QED) is 0.451. The molecular formula is C14H15NO3S3. The average Bonchev–Trinajstić information content (AvgIpc) is 3.03. The third kappa shape index (κ3) is 4.39. The van der Waals surface area contributed by atoms with Crippen LogP contribution in [-0.4, -0.2) is 34.2 Å². The van der Waals surface area contributed by atoms with Crippen molar-refractivity contribution in [2.75, 3.05) is 13.2 Å². The summed E-state index contributed by atoms with van der Waals surface area (Å²) in [5, 5.41) is 1.96. The predicted octanol–water partition coefficient (Wildman–Crippen LogP) is 3.29. The van der Waals surface area contributed by atoms with Crippen molar-refractivity contribution in [3.63, 3.8) is 0 Å². The lowest BCUT2D eigenvalue weighted by atomic mass is 10.3. The van der Waals surface area contributed by atoms with Crippen molar-refractivity contribution in [3.05, 3.63) is 27.3 Å². The Morgan fingerprint density at radius 1 is 1.52 bits per heavy atom. The van der Waals surface area contributed by atoms with Gasteiger partial charge in [0.1, 0.15) is 4.32 Å². The first kappa shape index (κ1) is 16.2. The van der Waals surface area contributed by atoms with Gasteiger partial charge < -0.3 is 4.74 Å². The van der Waals surface area contributed by atoms with E-state index in [0.717, 1.165) is 4.88 Å². The Morgan fingerprint density at radius 2 is 2.33 bits per heavy atom. The molecule has 0 aliphatic carbocycles. The Labute approximate surface area is 137 Å². The normalized spacial score (nSPS) is 16.8. The van der Waals surface area contributed by atoms with Gasteiger partial charge in [-0.3, -0.25) is 14.5 Å². The second-order valence-electron chi connectivity index (χ2n) is 4.26. The number of hydrogen-bond donors (Lipinski definition) is 0. The average molecular weight is 341 g/mol. The number of thiophene rings is 1. The zero-order chi connectivity index (χ0) is 15.2. The number of carbonyl (C=O) groups is 2. The number of thioether (sulfide) groups is 1. The molecule has 0 saturated carbocycles. The molecule has 1 aliphatic rings. The Balaban J connectivity index is 1.91. The van der Waals surface area contributed by atoms with E-state index in [1.165, 1.54) is 11.8 Å². The summed E-state index contributed by atoms with van der Waals surface area (Å²) in [5.74, 6) is -0.320. The molecular weight excluding hydrogens is 326 g/mol. The zero-order valence-electron chi connectivity index (χ0n) is 11.5. The summed E-state index contributed by atoms with van der Waals surface area (Å²) < 4.78 is 5.41. The standard InChI is InChI=1S/C14H15NO3S3/c1-2-18-12(16)6-3-7-15-13(17)11(21-14(15)19)9-10-5-4-8-20-10/h4-5,8-9H,2-3,6-7H2,1H3/b11-9+. The fourth-order valence-electron chi connectivity index (χ4n) is 1.81. The first-order valence-electron chi connectivity index (χ1n) is 6.56. The topological polar surface area (TPSA) is 46.6 Å². The summed E-state index contributed by atoms with van der Waals surface area (Å²) in [6.07, 6.45) is 2.71. The Morgan fingerprint density at radius 3 is 3.00 bits per heavy atom. The van der Waals surface area contributed by atoms with Crippen molar-refractivity contribution in [3.8, 4) is 0 Å². The third-order valence-electron chi connectivity index (χ3n) is 2.76. The third-order valence-corrected chi connectivity index (χ3v) is 4.96. The van der Waals surface area contributed by atoms with Gasteiger partial charge >= 0.3 is 5.97 Å². The molecule has 2 rings (SSSR count). The van der Waals surface area contributed by atoms with E-state index in [2.05, 4.69) is 0 Å². The lowest BCUT2D eigenvalue weighted by molar-refractivity contribution is -0.143. The van der Waals surface area contributed by atoms with Crippen molar-refractivity contribution in [2.24, 2.45) is 0 Å². The van der Waals surface area contributed by atoms with Crippen LogP contribution in [0.2, 0.25) is 0 Å². The maximum atomic E-state index is 12.3. The minimum Gasteiger partial charge on any atom is -0.466 e. The van der Waals surface area contributed by atoms with E-state index in [9.17, 15) is 9.59 Å². The zero-order valence-corrected chi connectivity index (χ0v) is 14.0. The number of hydrogen-bond acceptors (Lipinski definition) is 6. The molecule has 112 valence electrons. The minimum atomic E-state index is -0.239. The van der Waals surface area contributed by atoms with Gasteiger partial charge in [0, 0.05) is 17.8 Å². The maximum Gasteiger partial charge on any atom is 0.305 e. The molecule has 1 aromatic rings. The summed E-state index contributed by atoms with van der Waals surface area (Å²) in [6.45, 7) is 2.60. The molecule has 1 saturated heterocycles. The highest BCUT2D eigenvalue weighted by Gasteiger charge is 2.31. The second kappa shape index (κ2) is 7.72. The number of carbonyl (C=O) groups excluding carboxylic acids is 2. The fourth-order valence-corrected chi connectivity index (χ4v) is 3.84. The van der Waals surface area contributed by atoms with Gasteiger partial charge in [-0.05, 0) is 30.9 Å². The van der Waals surface area contributed by atoms with Crippen molar-refractivity contribution < 1.29 is 14.3 Å². The fraction of sp³-hybridized carbons (Fsp3) is 0.357. The molecule has 2 heterocycles. The molecule has 7 heteroatoms. The molecule has 0 spiro atoms. The van der Waals surface area contributed by atoms with Crippen LogP contribution in [-0.2, 0) is 14.3 Å². The van der Waals surface area contributed by atoms with E-state index in [1.807, 2.05) is 23.6 Å². The maximum absolute atomic E-state index is 12.3. The highest BCUT2D eigenvalue weighted by Crippen LogP contribution is 2.33. The number of thiocarbonyl (C=S) groups is 1. The molecule has 0 N–H and O–H groups in total. The first-order valence-corrected chi connectivity index (χ1v) is 8.66. The number of nitrogens with zero attached hydrogens (tertiary/aromatic N) is 1. The molecule has 0 atom stereocenters. The van der Waals surface area contributed by atoms with Crippen LogP contribution >= 0.6 is 35.3 Å². The lowest BCUT2D eigenvalue weighted by Gasteiger charge is -2.13.